The number of hydrogen-bond donors (Lipinski definition) is 0. The number of fused-ring (bicyclic) bond motifs is 1. The first-order valence-electron chi connectivity index (χ1n) is 7.34. The lowest BCUT2D eigenvalue weighted by Gasteiger charge is -2.21. The van der Waals surface area contributed by atoms with Crippen molar-refractivity contribution in [3.63, 3.8) is 0 Å². The smallest absolute Gasteiger partial charge is 0.0738 e. The summed E-state index contributed by atoms with van der Waals surface area (Å²) in [6.45, 7) is 5.22. The fraction of sp³-hybridized carbons (Fsp3) is 0.588. The molecule has 0 fully saturated rings. The lowest BCUT2D eigenvalue weighted by atomic mass is 9.90. The van der Waals surface area contributed by atoms with Gasteiger partial charge in [0.1, 0.15) is 0 Å². The third-order valence-electron chi connectivity index (χ3n) is 3.63. The number of rotatable bonds is 5. The van der Waals surface area contributed by atoms with Gasteiger partial charge in [0, 0.05) is 12.8 Å². The summed E-state index contributed by atoms with van der Waals surface area (Å²) < 4.78 is 5.33. The second-order valence-electron chi connectivity index (χ2n) is 5.83. The van der Waals surface area contributed by atoms with E-state index in [1.807, 2.05) is 0 Å². The van der Waals surface area contributed by atoms with Crippen molar-refractivity contribution in [2.75, 3.05) is 13.7 Å². The van der Waals surface area contributed by atoms with Gasteiger partial charge in [0.15, 0.2) is 0 Å². The number of benzene rings is 1. The highest BCUT2D eigenvalue weighted by atomic mass is 16.5. The number of aliphatic imine (C=N–C) groups is 1. The van der Waals surface area contributed by atoms with Crippen LogP contribution in [0.25, 0.3) is 0 Å². The second kappa shape index (κ2) is 6.85. The SMILES string of the molecule is COC[C@H](CC(C)C)N=C1CCCc2ccccc21. The molecular weight excluding hydrogens is 234 g/mol. The van der Waals surface area contributed by atoms with Gasteiger partial charge in [0.05, 0.1) is 12.6 Å². The summed E-state index contributed by atoms with van der Waals surface area (Å²) in [5, 5.41) is 0. The molecule has 0 unspecified atom stereocenters. The highest BCUT2D eigenvalue weighted by Crippen LogP contribution is 2.23. The van der Waals surface area contributed by atoms with Crippen LogP contribution in [-0.2, 0) is 11.2 Å². The van der Waals surface area contributed by atoms with Gasteiger partial charge >= 0.3 is 0 Å². The average Bonchev–Trinajstić information content (AvgIpc) is 2.39. The minimum absolute atomic E-state index is 0.297. The lowest BCUT2D eigenvalue weighted by molar-refractivity contribution is 0.172. The normalized spacial score (nSPS) is 18.6. The minimum Gasteiger partial charge on any atom is -0.382 e. The molecule has 104 valence electrons. The van der Waals surface area contributed by atoms with E-state index in [4.69, 9.17) is 9.73 Å². The van der Waals surface area contributed by atoms with E-state index < -0.39 is 0 Å². The van der Waals surface area contributed by atoms with Crippen molar-refractivity contribution in [2.45, 2.75) is 45.6 Å². The Labute approximate surface area is 116 Å². The third-order valence-corrected chi connectivity index (χ3v) is 3.63. The van der Waals surface area contributed by atoms with E-state index in [0.29, 0.717) is 12.0 Å². The Hall–Kier alpha value is -1.15. The van der Waals surface area contributed by atoms with Crippen molar-refractivity contribution in [1.82, 2.24) is 0 Å². The van der Waals surface area contributed by atoms with Crippen LogP contribution in [0.15, 0.2) is 29.3 Å². The van der Waals surface area contributed by atoms with Gasteiger partial charge in [-0.2, -0.15) is 0 Å². The number of hydrogen-bond acceptors (Lipinski definition) is 2. The van der Waals surface area contributed by atoms with Crippen molar-refractivity contribution in [3.05, 3.63) is 35.4 Å². The Balaban J connectivity index is 2.22. The van der Waals surface area contributed by atoms with Crippen LogP contribution in [0, 0.1) is 5.92 Å². The van der Waals surface area contributed by atoms with Crippen molar-refractivity contribution in [3.8, 4) is 0 Å². The molecule has 0 spiro atoms. The molecule has 2 rings (SSSR count). The van der Waals surface area contributed by atoms with Crippen LogP contribution in [0.3, 0.4) is 0 Å². The third kappa shape index (κ3) is 3.90. The first-order valence-corrected chi connectivity index (χ1v) is 7.34. The fourth-order valence-corrected chi connectivity index (χ4v) is 2.85. The summed E-state index contributed by atoms with van der Waals surface area (Å²) in [5.41, 5.74) is 4.09. The van der Waals surface area contributed by atoms with Crippen LogP contribution in [0.5, 0.6) is 0 Å². The van der Waals surface area contributed by atoms with E-state index >= 15 is 0 Å². The first kappa shape index (κ1) is 14.3. The molecule has 1 aliphatic carbocycles. The summed E-state index contributed by atoms with van der Waals surface area (Å²) in [6, 6.07) is 8.99. The summed E-state index contributed by atoms with van der Waals surface area (Å²) in [4.78, 5) is 5.00. The quantitative estimate of drug-likeness (QED) is 0.786. The van der Waals surface area contributed by atoms with Crippen LogP contribution in [0.1, 0.15) is 44.2 Å². The molecule has 1 atom stereocenters. The predicted octanol–water partition coefficient (Wildman–Crippen LogP) is 3.87. The van der Waals surface area contributed by atoms with Crippen molar-refractivity contribution in [1.29, 1.82) is 0 Å². The highest BCUT2D eigenvalue weighted by molar-refractivity contribution is 6.02. The van der Waals surface area contributed by atoms with E-state index in [1.54, 1.807) is 7.11 Å². The predicted molar refractivity (Wildman–Crippen MR) is 81.0 cm³/mol. The summed E-state index contributed by atoms with van der Waals surface area (Å²) in [6.07, 6.45) is 4.61. The van der Waals surface area contributed by atoms with Crippen molar-refractivity contribution < 1.29 is 4.74 Å². The molecule has 0 saturated carbocycles. The van der Waals surface area contributed by atoms with Crippen LogP contribution >= 0.6 is 0 Å². The Kier molecular flexibility index (Phi) is 5.15. The molecule has 0 heterocycles. The second-order valence-corrected chi connectivity index (χ2v) is 5.83. The molecule has 0 aromatic heterocycles. The maximum Gasteiger partial charge on any atom is 0.0738 e. The number of aryl methyl sites for hydroxylation is 1. The maximum absolute atomic E-state index is 5.33. The van der Waals surface area contributed by atoms with Gasteiger partial charge in [-0.05, 0) is 42.7 Å². The van der Waals surface area contributed by atoms with Crippen LogP contribution < -0.4 is 0 Å². The minimum atomic E-state index is 0.297. The molecule has 1 aliphatic rings. The van der Waals surface area contributed by atoms with Crippen LogP contribution in [0.2, 0.25) is 0 Å². The Morgan fingerprint density at radius 2 is 2.00 bits per heavy atom. The molecule has 0 saturated heterocycles. The Morgan fingerprint density at radius 3 is 2.74 bits per heavy atom. The zero-order valence-corrected chi connectivity index (χ0v) is 12.4. The summed E-state index contributed by atoms with van der Waals surface area (Å²) >= 11 is 0. The van der Waals surface area contributed by atoms with Gasteiger partial charge in [0.25, 0.3) is 0 Å². The Bertz CT molecular complexity index is 437. The molecule has 1 aromatic rings. The topological polar surface area (TPSA) is 21.6 Å². The molecule has 0 radical (unpaired) electrons. The van der Waals surface area contributed by atoms with Gasteiger partial charge in [-0.1, -0.05) is 38.1 Å². The lowest BCUT2D eigenvalue weighted by Crippen LogP contribution is -2.20. The highest BCUT2D eigenvalue weighted by Gasteiger charge is 2.17. The van der Waals surface area contributed by atoms with E-state index in [-0.39, 0.29) is 0 Å². The molecule has 1 aromatic carbocycles. The van der Waals surface area contributed by atoms with Gasteiger partial charge in [-0.25, -0.2) is 0 Å². The number of methoxy groups -OCH3 is 1. The first-order chi connectivity index (χ1) is 9.20. The molecule has 0 bridgehead atoms. The zero-order valence-electron chi connectivity index (χ0n) is 12.4. The zero-order chi connectivity index (χ0) is 13.7. The van der Waals surface area contributed by atoms with Crippen molar-refractivity contribution >= 4 is 5.71 Å². The largest absolute Gasteiger partial charge is 0.382 e. The van der Waals surface area contributed by atoms with Crippen molar-refractivity contribution in [2.24, 2.45) is 10.9 Å². The molecule has 0 aliphatic heterocycles. The van der Waals surface area contributed by atoms with E-state index in [0.717, 1.165) is 19.4 Å². The summed E-state index contributed by atoms with van der Waals surface area (Å²) in [7, 11) is 1.77. The average molecular weight is 259 g/mol. The van der Waals surface area contributed by atoms with Crippen LogP contribution in [0.4, 0.5) is 0 Å². The maximum atomic E-state index is 5.33. The molecule has 19 heavy (non-hydrogen) atoms. The van der Waals surface area contributed by atoms with E-state index in [1.165, 1.54) is 29.7 Å². The molecule has 2 nitrogen and oxygen atoms in total. The fourth-order valence-electron chi connectivity index (χ4n) is 2.85. The standard InChI is InChI=1S/C17H25NO/c1-13(2)11-15(12-19-3)18-17-10-6-8-14-7-4-5-9-16(14)17/h4-5,7,9,13,15H,6,8,10-12H2,1-3H3/t15-/m0/s1. The Morgan fingerprint density at radius 1 is 1.21 bits per heavy atom. The van der Waals surface area contributed by atoms with Gasteiger partial charge in [0.2, 0.25) is 0 Å². The summed E-state index contributed by atoms with van der Waals surface area (Å²) in [5.74, 6) is 0.656. The van der Waals surface area contributed by atoms with Gasteiger partial charge in [-0.3, -0.25) is 4.99 Å². The monoisotopic (exact) mass is 259 g/mol. The number of nitrogens with zero attached hydrogens (tertiary/aromatic N) is 1. The molecule has 0 amide bonds. The van der Waals surface area contributed by atoms with Gasteiger partial charge < -0.3 is 4.74 Å². The molecule has 2 heteroatoms. The van der Waals surface area contributed by atoms with Crippen LogP contribution in [-0.4, -0.2) is 25.5 Å². The number of ether oxygens (including phenoxy) is 1. The van der Waals surface area contributed by atoms with E-state index in [2.05, 4.69) is 38.1 Å². The van der Waals surface area contributed by atoms with Gasteiger partial charge in [-0.15, -0.1) is 0 Å². The molecular formula is C17H25NO. The molecule has 0 N–H and O–H groups in total. The van der Waals surface area contributed by atoms with E-state index in [9.17, 15) is 0 Å².